The second kappa shape index (κ2) is 14.9. The summed E-state index contributed by atoms with van der Waals surface area (Å²) >= 11 is 1.47. The number of anilines is 2. The lowest BCUT2D eigenvalue weighted by atomic mass is 10.0. The zero-order chi connectivity index (χ0) is 35.7. The Morgan fingerprint density at radius 2 is 1.59 bits per heavy atom. The fraction of sp³-hybridized carbons (Fsp3) is 0.475. The van der Waals surface area contributed by atoms with Crippen LogP contribution in [0.4, 0.5) is 20.6 Å². The second-order valence-electron chi connectivity index (χ2n) is 15.1. The number of piperazine rings is 1. The molecule has 3 aromatic carbocycles. The highest BCUT2D eigenvalue weighted by atomic mass is 32.2. The number of halogens is 1. The van der Waals surface area contributed by atoms with Gasteiger partial charge in [-0.3, -0.25) is 14.5 Å². The van der Waals surface area contributed by atoms with Crippen LogP contribution in [-0.2, 0) is 22.6 Å². The molecule has 11 heteroatoms. The summed E-state index contributed by atoms with van der Waals surface area (Å²) in [6.45, 7) is 11.7. The van der Waals surface area contributed by atoms with Gasteiger partial charge in [-0.25, -0.2) is 9.18 Å². The van der Waals surface area contributed by atoms with Crippen molar-refractivity contribution in [2.75, 3.05) is 56.0 Å². The van der Waals surface area contributed by atoms with Crippen LogP contribution in [0.2, 0.25) is 0 Å². The number of para-hydroxylation sites is 2. The number of benzene rings is 3. The summed E-state index contributed by atoms with van der Waals surface area (Å²) in [5, 5.41) is 2.06. The summed E-state index contributed by atoms with van der Waals surface area (Å²) in [5.74, 6) is -0.426. The Hall–Kier alpha value is -4.09. The molecule has 0 spiro atoms. The van der Waals surface area contributed by atoms with E-state index in [0.717, 1.165) is 41.9 Å². The van der Waals surface area contributed by atoms with Crippen LogP contribution in [0.5, 0.6) is 0 Å². The van der Waals surface area contributed by atoms with Gasteiger partial charge in [0.15, 0.2) is 0 Å². The van der Waals surface area contributed by atoms with E-state index in [1.54, 1.807) is 6.07 Å². The van der Waals surface area contributed by atoms with Gasteiger partial charge in [0.2, 0.25) is 11.8 Å². The molecule has 4 aliphatic heterocycles. The minimum atomic E-state index is -0.576. The van der Waals surface area contributed by atoms with Crippen molar-refractivity contribution in [1.82, 2.24) is 19.6 Å². The van der Waals surface area contributed by atoms with Crippen molar-refractivity contribution >= 4 is 41.0 Å². The molecule has 2 atom stereocenters. The molecule has 0 unspecified atom stereocenters. The van der Waals surface area contributed by atoms with E-state index in [1.165, 1.54) is 17.8 Å². The monoisotopic (exact) mass is 718 g/mol. The van der Waals surface area contributed by atoms with Crippen LogP contribution < -0.4 is 10.2 Å². The predicted molar refractivity (Wildman–Crippen MR) is 207 cm³/mol. The topological polar surface area (TPSA) is 79.4 Å². The predicted octanol–water partition coefficient (Wildman–Crippen LogP) is 7.10. The second-order valence-corrected chi connectivity index (χ2v) is 16.4. The molecule has 0 radical (unpaired) electrons. The van der Waals surface area contributed by atoms with Gasteiger partial charge < -0.3 is 24.9 Å². The standard InChI is InChI=1S/C40H49FN6O3S.3H2/c1-40(2,3)45-24-22-44(23-25-45)36-31(13-9-14-32(36)41)38-47(27-28-10-5-4-6-11-28)37(49)34(51-38)26-35(48)43-19-17-30(18-20-43)46-21-16-29-12-7-8-15-33(29)42-39(46)50;;;/h4-15,30,34,38H,16-27H2,1-3H3,(H,42,50);3*1H/t34-,38+;;;/m0.../s1. The summed E-state index contributed by atoms with van der Waals surface area (Å²) < 4.78 is 15.8. The van der Waals surface area contributed by atoms with Crippen LogP contribution in [0.15, 0.2) is 72.8 Å². The molecule has 0 aliphatic carbocycles. The van der Waals surface area contributed by atoms with Gasteiger partial charge >= 0.3 is 6.03 Å². The number of nitrogens with one attached hydrogen (secondary N) is 1. The Bertz CT molecular complexity index is 1750. The normalized spacial score (nSPS) is 22.2. The summed E-state index contributed by atoms with van der Waals surface area (Å²) in [5.41, 5.74) is 4.36. The molecule has 4 aliphatic rings. The number of hydrogen-bond donors (Lipinski definition) is 1. The number of fused-ring (bicyclic) bond motifs is 1. The van der Waals surface area contributed by atoms with Crippen LogP contribution in [0, 0.1) is 5.82 Å². The fourth-order valence-electron chi connectivity index (χ4n) is 8.02. The summed E-state index contributed by atoms with van der Waals surface area (Å²) in [6.07, 6.45) is 2.26. The lowest BCUT2D eigenvalue weighted by Gasteiger charge is -2.43. The Balaban J connectivity index is 0.00000217. The van der Waals surface area contributed by atoms with Gasteiger partial charge in [0.05, 0.1) is 10.9 Å². The van der Waals surface area contributed by atoms with E-state index in [4.69, 9.17) is 0 Å². The van der Waals surface area contributed by atoms with E-state index in [9.17, 15) is 14.4 Å². The maximum absolute atomic E-state index is 15.8. The Morgan fingerprint density at radius 1 is 0.882 bits per heavy atom. The molecule has 3 saturated heterocycles. The number of thioether (sulfide) groups is 1. The van der Waals surface area contributed by atoms with Gasteiger partial charge in [-0.2, -0.15) is 0 Å². The quantitative estimate of drug-likeness (QED) is 0.281. The molecule has 51 heavy (non-hydrogen) atoms. The van der Waals surface area contributed by atoms with Crippen LogP contribution >= 0.6 is 11.8 Å². The lowest BCUT2D eigenvalue weighted by Crippen LogP contribution is -2.53. The van der Waals surface area contributed by atoms with E-state index >= 15 is 4.39 Å². The molecule has 9 nitrogen and oxygen atoms in total. The SMILES string of the molecule is CC(C)(C)N1CCN(c2c(F)cccc2[C@H]2S[C@@H](CC(=O)N3CCC(N4CCc5ccccc5NC4=O)CC3)C(=O)N2Cc2ccccc2)CC1.[HH].[HH].[HH]. The van der Waals surface area contributed by atoms with Crippen molar-refractivity contribution in [2.45, 2.75) is 75.2 Å². The van der Waals surface area contributed by atoms with Gasteiger partial charge in [-0.1, -0.05) is 60.7 Å². The highest BCUT2D eigenvalue weighted by Crippen LogP contribution is 2.48. The third-order valence-electron chi connectivity index (χ3n) is 10.9. The first kappa shape index (κ1) is 35.3. The van der Waals surface area contributed by atoms with Crippen LogP contribution in [0.25, 0.3) is 0 Å². The minimum absolute atomic E-state index is 0. The number of piperidine rings is 1. The molecular weight excluding hydrogens is 664 g/mol. The molecule has 3 aromatic rings. The average molecular weight is 719 g/mol. The number of hydrogen-bond acceptors (Lipinski definition) is 6. The Morgan fingerprint density at radius 3 is 2.31 bits per heavy atom. The lowest BCUT2D eigenvalue weighted by molar-refractivity contribution is -0.137. The van der Waals surface area contributed by atoms with E-state index in [0.29, 0.717) is 57.8 Å². The molecule has 7 rings (SSSR count). The average Bonchev–Trinajstić information content (AvgIpc) is 3.31. The Kier molecular flexibility index (Phi) is 10.3. The first-order valence-corrected chi connectivity index (χ1v) is 19.2. The van der Waals surface area contributed by atoms with Crippen LogP contribution in [0.1, 0.15) is 66.4 Å². The van der Waals surface area contributed by atoms with Gasteiger partial charge in [0, 0.05) is 85.9 Å². The third kappa shape index (κ3) is 7.60. The summed E-state index contributed by atoms with van der Waals surface area (Å²) in [6, 6.07) is 22.9. The van der Waals surface area contributed by atoms with Crippen LogP contribution in [-0.4, -0.2) is 100 Å². The highest BCUT2D eigenvalue weighted by Gasteiger charge is 2.44. The maximum atomic E-state index is 15.8. The van der Waals surface area contributed by atoms with E-state index in [-0.39, 0.29) is 45.9 Å². The van der Waals surface area contributed by atoms with Crippen molar-refractivity contribution in [3.05, 3.63) is 95.3 Å². The van der Waals surface area contributed by atoms with Crippen molar-refractivity contribution in [3.8, 4) is 0 Å². The first-order chi connectivity index (χ1) is 24.6. The maximum Gasteiger partial charge on any atom is 0.322 e. The third-order valence-corrected chi connectivity index (χ3v) is 12.4. The largest absolute Gasteiger partial charge is 0.366 e. The molecule has 4 amide bonds. The number of urea groups is 1. The molecule has 3 fully saturated rings. The molecule has 0 aromatic heterocycles. The van der Waals surface area contributed by atoms with Crippen molar-refractivity contribution in [2.24, 2.45) is 0 Å². The van der Waals surface area contributed by atoms with E-state index in [2.05, 4.69) is 42.0 Å². The smallest absolute Gasteiger partial charge is 0.322 e. The molecule has 0 saturated carbocycles. The molecular formula is C40H55FN6O3S. The first-order valence-electron chi connectivity index (χ1n) is 18.3. The van der Waals surface area contributed by atoms with E-state index < -0.39 is 10.6 Å². The Labute approximate surface area is 309 Å². The van der Waals surface area contributed by atoms with Crippen molar-refractivity contribution in [1.29, 1.82) is 0 Å². The van der Waals surface area contributed by atoms with Gasteiger partial charge in [0.25, 0.3) is 0 Å². The van der Waals surface area contributed by atoms with Crippen molar-refractivity contribution in [3.63, 3.8) is 0 Å². The van der Waals surface area contributed by atoms with Gasteiger partial charge in [-0.15, -0.1) is 11.8 Å². The van der Waals surface area contributed by atoms with Gasteiger partial charge in [0.1, 0.15) is 11.2 Å². The number of amides is 4. The minimum Gasteiger partial charge on any atom is -0.366 e. The van der Waals surface area contributed by atoms with Crippen LogP contribution in [0.3, 0.4) is 0 Å². The van der Waals surface area contributed by atoms with E-state index in [1.807, 2.05) is 69.3 Å². The van der Waals surface area contributed by atoms with Crippen molar-refractivity contribution < 1.29 is 23.1 Å². The molecule has 1 N–H and O–H groups in total. The fourth-order valence-corrected chi connectivity index (χ4v) is 9.49. The number of carbonyl (C=O) groups is 3. The molecule has 4 heterocycles. The summed E-state index contributed by atoms with van der Waals surface area (Å²) in [4.78, 5) is 51.3. The highest BCUT2D eigenvalue weighted by molar-refractivity contribution is 8.01. The zero-order valence-electron chi connectivity index (χ0n) is 29.9. The number of carbonyl (C=O) groups excluding carboxylic acids is 3. The zero-order valence-corrected chi connectivity index (χ0v) is 30.7. The number of likely N-dealkylation sites (tertiary alicyclic amines) is 1. The summed E-state index contributed by atoms with van der Waals surface area (Å²) in [7, 11) is 0. The number of nitrogens with zero attached hydrogens (tertiary/aromatic N) is 5. The molecule has 0 bridgehead atoms. The molecule has 276 valence electrons. The van der Waals surface area contributed by atoms with Gasteiger partial charge in [-0.05, 0) is 63.3 Å². The number of rotatable bonds is 7.